The fourth-order valence-corrected chi connectivity index (χ4v) is 2.28. The highest BCUT2D eigenvalue weighted by Crippen LogP contribution is 2.15. The molecular weight excluding hydrogens is 314 g/mol. The number of methoxy groups -OCH3 is 1. The number of nitrogens with zero attached hydrogens (tertiary/aromatic N) is 1. The van der Waals surface area contributed by atoms with Gasteiger partial charge in [0.25, 0.3) is 5.91 Å². The first-order chi connectivity index (χ1) is 11.1. The quantitative estimate of drug-likeness (QED) is 0.730. The zero-order valence-electron chi connectivity index (χ0n) is 12.9. The fraction of sp³-hybridized carbons (Fsp3) is 0.222. The molecule has 0 fully saturated rings. The van der Waals surface area contributed by atoms with Crippen molar-refractivity contribution in [2.75, 3.05) is 13.7 Å². The van der Waals surface area contributed by atoms with Crippen molar-refractivity contribution in [2.24, 2.45) is 0 Å². The number of rotatable bonds is 7. The number of benzene rings is 2. The van der Waals surface area contributed by atoms with E-state index >= 15 is 0 Å². The molecule has 0 heterocycles. The van der Waals surface area contributed by atoms with Gasteiger partial charge in [0.05, 0.1) is 7.11 Å². The van der Waals surface area contributed by atoms with Crippen LogP contribution in [-0.4, -0.2) is 29.7 Å². The maximum atomic E-state index is 12.7. The zero-order chi connectivity index (χ0) is 16.7. The molecule has 0 atom stereocenters. The van der Waals surface area contributed by atoms with E-state index in [0.717, 1.165) is 5.56 Å². The smallest absolute Gasteiger partial charge is 0.254 e. The van der Waals surface area contributed by atoms with E-state index in [1.54, 1.807) is 36.3 Å². The van der Waals surface area contributed by atoms with E-state index in [2.05, 4.69) is 0 Å². The van der Waals surface area contributed by atoms with Crippen molar-refractivity contribution in [3.8, 4) is 5.75 Å². The van der Waals surface area contributed by atoms with Crippen LogP contribution >= 0.6 is 11.6 Å². The first-order valence-corrected chi connectivity index (χ1v) is 7.63. The Hall–Kier alpha value is -2.33. The number of halogens is 1. The minimum Gasteiger partial charge on any atom is -0.497 e. The largest absolute Gasteiger partial charge is 0.497 e. The van der Waals surface area contributed by atoms with Gasteiger partial charge in [-0.25, -0.2) is 0 Å². The average Bonchev–Trinajstić information content (AvgIpc) is 2.59. The maximum absolute atomic E-state index is 12.7. The molecule has 0 radical (unpaired) electrons. The number of carbonyl (C=O) groups excluding carboxylic acids is 2. The molecule has 0 saturated carbocycles. The van der Waals surface area contributed by atoms with Gasteiger partial charge < -0.3 is 9.64 Å². The summed E-state index contributed by atoms with van der Waals surface area (Å²) in [5.74, 6) is 0.543. The lowest BCUT2D eigenvalue weighted by Crippen LogP contribution is -2.32. The monoisotopic (exact) mass is 331 g/mol. The van der Waals surface area contributed by atoms with Crippen LogP contribution in [0.2, 0.25) is 0 Å². The summed E-state index contributed by atoms with van der Waals surface area (Å²) in [7, 11) is 1.57. The van der Waals surface area contributed by atoms with Crippen LogP contribution in [-0.2, 0) is 11.3 Å². The van der Waals surface area contributed by atoms with Gasteiger partial charge in [0.15, 0.2) is 0 Å². The van der Waals surface area contributed by atoms with E-state index in [9.17, 15) is 9.59 Å². The van der Waals surface area contributed by atoms with Gasteiger partial charge >= 0.3 is 0 Å². The van der Waals surface area contributed by atoms with Crippen molar-refractivity contribution < 1.29 is 14.3 Å². The molecule has 0 N–H and O–H groups in total. The molecule has 0 saturated heterocycles. The molecule has 5 heteroatoms. The highest BCUT2D eigenvalue weighted by Gasteiger charge is 2.17. The molecule has 0 aromatic heterocycles. The Morgan fingerprint density at radius 1 is 1.04 bits per heavy atom. The van der Waals surface area contributed by atoms with Crippen LogP contribution in [0.15, 0.2) is 54.6 Å². The summed E-state index contributed by atoms with van der Waals surface area (Å²) in [6.07, 6.45) is 0.121. The van der Waals surface area contributed by atoms with Crippen LogP contribution in [0.1, 0.15) is 22.3 Å². The van der Waals surface area contributed by atoms with Gasteiger partial charge in [0, 0.05) is 25.1 Å². The number of carbonyl (C=O) groups is 2. The van der Waals surface area contributed by atoms with Crippen molar-refractivity contribution >= 4 is 22.8 Å². The Bertz CT molecular complexity index is 656. The Morgan fingerprint density at radius 2 is 1.70 bits per heavy atom. The molecular formula is C18H18ClNO3. The third-order valence-electron chi connectivity index (χ3n) is 3.42. The summed E-state index contributed by atoms with van der Waals surface area (Å²) in [6, 6.07) is 16.5. The standard InChI is InChI=1S/C18H18ClNO3/c1-23-16-9-7-15(8-10-16)18(22)20(12-11-17(19)21)13-14-5-3-2-4-6-14/h2-10H,11-13H2,1H3. The van der Waals surface area contributed by atoms with Crippen LogP contribution in [0.3, 0.4) is 0 Å². The van der Waals surface area contributed by atoms with Crippen LogP contribution < -0.4 is 4.74 Å². The second-order valence-electron chi connectivity index (χ2n) is 5.05. The van der Waals surface area contributed by atoms with Crippen LogP contribution in [0.5, 0.6) is 5.75 Å². The second kappa shape index (κ2) is 8.34. The van der Waals surface area contributed by atoms with E-state index in [1.807, 2.05) is 30.3 Å². The molecule has 0 bridgehead atoms. The summed E-state index contributed by atoms with van der Waals surface area (Å²) >= 11 is 5.42. The Morgan fingerprint density at radius 3 is 2.26 bits per heavy atom. The van der Waals surface area contributed by atoms with Crippen LogP contribution in [0.4, 0.5) is 0 Å². The number of hydrogen-bond acceptors (Lipinski definition) is 3. The molecule has 23 heavy (non-hydrogen) atoms. The van der Waals surface area contributed by atoms with Crippen LogP contribution in [0, 0.1) is 0 Å². The topological polar surface area (TPSA) is 46.6 Å². The number of amides is 1. The predicted molar refractivity (Wildman–Crippen MR) is 89.7 cm³/mol. The summed E-state index contributed by atoms with van der Waals surface area (Å²) in [5, 5.41) is -0.453. The van der Waals surface area contributed by atoms with Crippen molar-refractivity contribution in [3.05, 3.63) is 65.7 Å². The SMILES string of the molecule is COc1ccc(C(=O)N(CCC(=O)Cl)Cc2ccccc2)cc1. The van der Waals surface area contributed by atoms with Crippen molar-refractivity contribution in [1.82, 2.24) is 4.90 Å². The van der Waals surface area contributed by atoms with Crippen molar-refractivity contribution in [1.29, 1.82) is 0 Å². The van der Waals surface area contributed by atoms with Crippen molar-refractivity contribution in [2.45, 2.75) is 13.0 Å². The fourth-order valence-electron chi connectivity index (χ4n) is 2.20. The Labute approximate surface area is 140 Å². The van der Waals surface area contributed by atoms with Gasteiger partial charge in [0.2, 0.25) is 5.24 Å². The molecule has 0 aliphatic rings. The Balaban J connectivity index is 2.16. The lowest BCUT2D eigenvalue weighted by Gasteiger charge is -2.22. The molecule has 0 spiro atoms. The molecule has 0 aliphatic carbocycles. The predicted octanol–water partition coefficient (Wildman–Crippen LogP) is 3.49. The van der Waals surface area contributed by atoms with E-state index in [4.69, 9.17) is 16.3 Å². The summed E-state index contributed by atoms with van der Waals surface area (Å²) in [4.78, 5) is 25.4. The summed E-state index contributed by atoms with van der Waals surface area (Å²) in [6.45, 7) is 0.706. The third kappa shape index (κ3) is 5.11. The van der Waals surface area contributed by atoms with E-state index in [1.165, 1.54) is 0 Å². The minimum absolute atomic E-state index is 0.121. The molecule has 0 unspecified atom stereocenters. The first kappa shape index (κ1) is 17.0. The van der Waals surface area contributed by atoms with Gasteiger partial charge in [-0.3, -0.25) is 9.59 Å². The molecule has 0 aliphatic heterocycles. The van der Waals surface area contributed by atoms with Gasteiger partial charge in [-0.15, -0.1) is 0 Å². The average molecular weight is 332 g/mol. The van der Waals surface area contributed by atoms with E-state index < -0.39 is 5.24 Å². The molecule has 2 rings (SSSR count). The van der Waals surface area contributed by atoms with Crippen molar-refractivity contribution in [3.63, 3.8) is 0 Å². The molecule has 2 aromatic carbocycles. The second-order valence-corrected chi connectivity index (χ2v) is 5.47. The minimum atomic E-state index is -0.453. The number of ether oxygens (including phenoxy) is 1. The molecule has 4 nitrogen and oxygen atoms in total. The van der Waals surface area contributed by atoms with Gasteiger partial charge in [-0.2, -0.15) is 0 Å². The van der Waals surface area contributed by atoms with Gasteiger partial charge in [-0.05, 0) is 41.4 Å². The van der Waals surface area contributed by atoms with Gasteiger partial charge in [0.1, 0.15) is 5.75 Å². The molecule has 2 aromatic rings. The highest BCUT2D eigenvalue weighted by atomic mass is 35.5. The molecule has 1 amide bonds. The van der Waals surface area contributed by atoms with E-state index in [-0.39, 0.29) is 18.9 Å². The lowest BCUT2D eigenvalue weighted by molar-refractivity contribution is -0.111. The Kier molecular flexibility index (Phi) is 6.18. The highest BCUT2D eigenvalue weighted by molar-refractivity contribution is 6.63. The summed E-state index contributed by atoms with van der Waals surface area (Å²) < 4.78 is 5.10. The number of hydrogen-bond donors (Lipinski definition) is 0. The maximum Gasteiger partial charge on any atom is 0.254 e. The first-order valence-electron chi connectivity index (χ1n) is 7.25. The normalized spacial score (nSPS) is 10.2. The third-order valence-corrected chi connectivity index (χ3v) is 3.61. The summed E-state index contributed by atoms with van der Waals surface area (Å²) in [5.41, 5.74) is 1.54. The lowest BCUT2D eigenvalue weighted by atomic mass is 10.1. The van der Waals surface area contributed by atoms with E-state index in [0.29, 0.717) is 17.9 Å². The van der Waals surface area contributed by atoms with Gasteiger partial charge in [-0.1, -0.05) is 30.3 Å². The zero-order valence-corrected chi connectivity index (χ0v) is 13.6. The van der Waals surface area contributed by atoms with Crippen LogP contribution in [0.25, 0.3) is 0 Å². The molecule has 120 valence electrons.